The molecule has 5 nitrogen and oxygen atoms in total. The summed E-state index contributed by atoms with van der Waals surface area (Å²) in [6, 6.07) is 12.1. The highest BCUT2D eigenvalue weighted by Gasteiger charge is 2.26. The third kappa shape index (κ3) is 3.57. The van der Waals surface area contributed by atoms with Crippen molar-refractivity contribution in [2.24, 2.45) is 0 Å². The van der Waals surface area contributed by atoms with E-state index in [9.17, 15) is 4.79 Å². The number of nitrogens with zero attached hydrogens (tertiary/aromatic N) is 3. The SMILES string of the molecule is COc1ccccc1N1CCN(C(=O)c2sc(-c3cccs3)nc2C)CC1. The van der Waals surface area contributed by atoms with Crippen molar-refractivity contribution in [2.75, 3.05) is 38.2 Å². The molecule has 0 bridgehead atoms. The van der Waals surface area contributed by atoms with Crippen LogP contribution in [0, 0.1) is 6.92 Å². The maximum Gasteiger partial charge on any atom is 0.265 e. The molecule has 1 aliphatic rings. The lowest BCUT2D eigenvalue weighted by Gasteiger charge is -2.36. The Balaban J connectivity index is 1.46. The van der Waals surface area contributed by atoms with Crippen molar-refractivity contribution in [3.63, 3.8) is 0 Å². The molecule has 7 heteroatoms. The topological polar surface area (TPSA) is 45.7 Å². The van der Waals surface area contributed by atoms with Gasteiger partial charge in [0.1, 0.15) is 15.6 Å². The first-order valence-corrected chi connectivity index (χ1v) is 10.6. The Morgan fingerprint density at radius 1 is 1.11 bits per heavy atom. The second-order valence-corrected chi connectivity index (χ2v) is 8.31. The number of benzene rings is 1. The van der Waals surface area contributed by atoms with Crippen LogP contribution in [-0.2, 0) is 0 Å². The number of methoxy groups -OCH3 is 1. The minimum absolute atomic E-state index is 0.0903. The van der Waals surface area contributed by atoms with Crippen molar-refractivity contribution in [1.29, 1.82) is 0 Å². The van der Waals surface area contributed by atoms with Gasteiger partial charge in [-0.25, -0.2) is 4.98 Å². The summed E-state index contributed by atoms with van der Waals surface area (Å²) < 4.78 is 5.47. The van der Waals surface area contributed by atoms with Crippen LogP contribution < -0.4 is 9.64 Å². The van der Waals surface area contributed by atoms with Crippen molar-refractivity contribution in [1.82, 2.24) is 9.88 Å². The molecule has 27 heavy (non-hydrogen) atoms. The van der Waals surface area contributed by atoms with Crippen molar-refractivity contribution >= 4 is 34.3 Å². The Bertz CT molecular complexity index is 929. The molecule has 0 N–H and O–H groups in total. The maximum absolute atomic E-state index is 13.0. The van der Waals surface area contributed by atoms with E-state index in [1.54, 1.807) is 18.4 Å². The standard InChI is InChI=1S/C20H21N3O2S2/c1-14-18(27-19(21-14)17-8-5-13-26-17)20(24)23-11-9-22(10-12-23)15-6-3-4-7-16(15)25-2/h3-8,13H,9-12H2,1-2H3. The molecule has 0 saturated carbocycles. The van der Waals surface area contributed by atoms with Gasteiger partial charge in [0.05, 0.1) is 23.4 Å². The van der Waals surface area contributed by atoms with Gasteiger partial charge in [0.15, 0.2) is 0 Å². The molecule has 4 rings (SSSR count). The third-order valence-corrected chi connectivity index (χ3v) is 6.90. The summed E-state index contributed by atoms with van der Waals surface area (Å²) in [6.45, 7) is 4.90. The van der Waals surface area contributed by atoms with Crippen LogP contribution >= 0.6 is 22.7 Å². The molecule has 0 spiro atoms. The third-order valence-electron chi connectivity index (χ3n) is 4.72. The molecule has 0 aliphatic carbocycles. The number of rotatable bonds is 4. The van der Waals surface area contributed by atoms with E-state index in [2.05, 4.69) is 16.0 Å². The first kappa shape index (κ1) is 18.0. The fourth-order valence-corrected chi connectivity index (χ4v) is 5.12. The van der Waals surface area contributed by atoms with Gasteiger partial charge in [-0.1, -0.05) is 18.2 Å². The fourth-order valence-electron chi connectivity index (χ4n) is 3.29. The normalized spacial score (nSPS) is 14.4. The number of anilines is 1. The monoisotopic (exact) mass is 399 g/mol. The second-order valence-electron chi connectivity index (χ2n) is 6.36. The quantitative estimate of drug-likeness (QED) is 0.661. The van der Waals surface area contributed by atoms with E-state index in [1.165, 1.54) is 11.3 Å². The number of carbonyl (C=O) groups is 1. The number of piperazine rings is 1. The number of ether oxygens (including phenoxy) is 1. The predicted molar refractivity (Wildman–Crippen MR) is 111 cm³/mol. The van der Waals surface area contributed by atoms with Gasteiger partial charge in [-0.15, -0.1) is 22.7 Å². The summed E-state index contributed by atoms with van der Waals surface area (Å²) in [6.07, 6.45) is 0. The van der Waals surface area contributed by atoms with Crippen LogP contribution in [0.1, 0.15) is 15.4 Å². The number of carbonyl (C=O) groups excluding carboxylic acids is 1. The lowest BCUT2D eigenvalue weighted by molar-refractivity contribution is 0.0750. The van der Waals surface area contributed by atoms with Crippen LogP contribution in [0.3, 0.4) is 0 Å². The zero-order valence-corrected chi connectivity index (χ0v) is 17.0. The second kappa shape index (κ2) is 7.70. The van der Waals surface area contributed by atoms with Crippen LogP contribution in [0.15, 0.2) is 41.8 Å². The van der Waals surface area contributed by atoms with Crippen LogP contribution in [0.2, 0.25) is 0 Å². The van der Waals surface area contributed by atoms with Crippen molar-refractivity contribution in [2.45, 2.75) is 6.92 Å². The van der Waals surface area contributed by atoms with Crippen molar-refractivity contribution < 1.29 is 9.53 Å². The summed E-state index contributed by atoms with van der Waals surface area (Å²) >= 11 is 3.15. The molecule has 1 aromatic carbocycles. The molecule has 140 valence electrons. The molecule has 0 radical (unpaired) electrons. The summed E-state index contributed by atoms with van der Waals surface area (Å²) in [7, 11) is 1.69. The Hall–Kier alpha value is -2.38. The molecule has 0 atom stereocenters. The fraction of sp³-hybridized carbons (Fsp3) is 0.300. The molecule has 3 aromatic rings. The number of aryl methyl sites for hydroxylation is 1. The number of thiophene rings is 1. The van der Waals surface area contributed by atoms with E-state index in [0.717, 1.165) is 45.0 Å². The smallest absolute Gasteiger partial charge is 0.265 e. The highest BCUT2D eigenvalue weighted by molar-refractivity contribution is 7.22. The molecular formula is C20H21N3O2S2. The van der Waals surface area contributed by atoms with Gasteiger partial charge >= 0.3 is 0 Å². The summed E-state index contributed by atoms with van der Waals surface area (Å²) in [5, 5.41) is 2.96. The molecule has 1 fully saturated rings. The molecule has 1 saturated heterocycles. The van der Waals surface area contributed by atoms with Gasteiger partial charge in [0.25, 0.3) is 5.91 Å². The lowest BCUT2D eigenvalue weighted by Crippen LogP contribution is -2.48. The summed E-state index contributed by atoms with van der Waals surface area (Å²) in [5.41, 5.74) is 1.90. The number of hydrogen-bond donors (Lipinski definition) is 0. The Labute approximate surface area is 166 Å². The number of amides is 1. The van der Waals surface area contributed by atoms with Crippen LogP contribution in [-0.4, -0.2) is 49.1 Å². The molecule has 2 aromatic heterocycles. The average molecular weight is 400 g/mol. The Morgan fingerprint density at radius 3 is 2.59 bits per heavy atom. The highest BCUT2D eigenvalue weighted by atomic mass is 32.1. The number of aromatic nitrogens is 1. The van der Waals surface area contributed by atoms with Crippen LogP contribution in [0.25, 0.3) is 9.88 Å². The summed E-state index contributed by atoms with van der Waals surface area (Å²) in [4.78, 5) is 23.7. The van der Waals surface area contributed by atoms with E-state index in [4.69, 9.17) is 4.74 Å². The first-order valence-electron chi connectivity index (χ1n) is 8.86. The van der Waals surface area contributed by atoms with E-state index in [1.807, 2.05) is 47.5 Å². The largest absolute Gasteiger partial charge is 0.495 e. The zero-order chi connectivity index (χ0) is 18.8. The van der Waals surface area contributed by atoms with Gasteiger partial charge < -0.3 is 14.5 Å². The Kier molecular flexibility index (Phi) is 5.13. The van der Waals surface area contributed by atoms with Crippen LogP contribution in [0.5, 0.6) is 5.75 Å². The Morgan fingerprint density at radius 2 is 1.89 bits per heavy atom. The van der Waals surface area contributed by atoms with Gasteiger partial charge in [-0.2, -0.15) is 0 Å². The first-order chi connectivity index (χ1) is 13.2. The van der Waals surface area contributed by atoms with E-state index in [-0.39, 0.29) is 5.91 Å². The maximum atomic E-state index is 13.0. The molecule has 1 amide bonds. The van der Waals surface area contributed by atoms with Crippen LogP contribution in [0.4, 0.5) is 5.69 Å². The van der Waals surface area contributed by atoms with E-state index >= 15 is 0 Å². The van der Waals surface area contributed by atoms with E-state index in [0.29, 0.717) is 13.1 Å². The predicted octanol–water partition coefficient (Wildman–Crippen LogP) is 4.15. The lowest BCUT2D eigenvalue weighted by atomic mass is 10.2. The van der Waals surface area contributed by atoms with Gasteiger partial charge in [0, 0.05) is 26.2 Å². The van der Waals surface area contributed by atoms with E-state index < -0.39 is 0 Å². The summed E-state index contributed by atoms with van der Waals surface area (Å²) in [5.74, 6) is 0.962. The van der Waals surface area contributed by atoms with Gasteiger partial charge in [-0.05, 0) is 30.5 Å². The van der Waals surface area contributed by atoms with Gasteiger partial charge in [0.2, 0.25) is 0 Å². The highest BCUT2D eigenvalue weighted by Crippen LogP contribution is 2.32. The van der Waals surface area contributed by atoms with Crippen molar-refractivity contribution in [3.05, 3.63) is 52.3 Å². The molecule has 1 aliphatic heterocycles. The molecule has 3 heterocycles. The average Bonchev–Trinajstić information content (AvgIpc) is 3.37. The number of hydrogen-bond acceptors (Lipinski definition) is 6. The molecule has 0 unspecified atom stereocenters. The van der Waals surface area contributed by atoms with Crippen molar-refractivity contribution in [3.8, 4) is 15.6 Å². The zero-order valence-electron chi connectivity index (χ0n) is 15.3. The number of para-hydroxylation sites is 2. The van der Waals surface area contributed by atoms with Gasteiger partial charge in [-0.3, -0.25) is 4.79 Å². The molecular weight excluding hydrogens is 378 g/mol. The minimum Gasteiger partial charge on any atom is -0.495 e. The minimum atomic E-state index is 0.0903. The number of thiazole rings is 1.